The molecule has 170 valence electrons. The van der Waals surface area contributed by atoms with Gasteiger partial charge in [-0.2, -0.15) is 5.10 Å². The van der Waals surface area contributed by atoms with Gasteiger partial charge in [0.25, 0.3) is 11.5 Å². The van der Waals surface area contributed by atoms with Crippen molar-refractivity contribution >= 4 is 28.4 Å². The van der Waals surface area contributed by atoms with Crippen LogP contribution in [-0.2, 0) is 6.42 Å². The number of benzene rings is 2. The molecule has 0 radical (unpaired) electrons. The number of aliphatic hydroxyl groups is 1. The van der Waals surface area contributed by atoms with Crippen LogP contribution in [0.1, 0.15) is 28.5 Å². The molecule has 4 N–H and O–H groups in total. The van der Waals surface area contributed by atoms with Gasteiger partial charge in [-0.15, -0.1) is 0 Å². The van der Waals surface area contributed by atoms with Gasteiger partial charge in [-0.25, -0.2) is 9.49 Å². The van der Waals surface area contributed by atoms with Gasteiger partial charge < -0.3 is 14.9 Å². The summed E-state index contributed by atoms with van der Waals surface area (Å²) in [4.78, 5) is 27.7. The number of amides is 1. The number of hydrogen-bond acceptors (Lipinski definition) is 6. The molecule has 0 bridgehead atoms. The predicted molar refractivity (Wildman–Crippen MR) is 121 cm³/mol. The Balaban J connectivity index is 1.57. The molecule has 9 nitrogen and oxygen atoms in total. The lowest BCUT2D eigenvalue weighted by Gasteiger charge is -2.37. The van der Waals surface area contributed by atoms with Crippen molar-refractivity contribution in [2.45, 2.75) is 19.4 Å². The standard InChI is InChI=1S/C23H23FN6O3/c1-13(31)21(26)30-9-8-29(12-20(30)25)23(33)17-10-14(6-7-18(17)24)11-19-15-4-2-3-5-16(15)22(32)28-27-19/h2-7,10,13,25-26,31H,8-9,11-12H2,1H3,(H,28,32). The molecule has 1 aromatic heterocycles. The van der Waals surface area contributed by atoms with Crippen LogP contribution < -0.4 is 5.56 Å². The first-order chi connectivity index (χ1) is 15.8. The largest absolute Gasteiger partial charge is 0.385 e. The van der Waals surface area contributed by atoms with E-state index in [4.69, 9.17) is 10.8 Å². The zero-order valence-electron chi connectivity index (χ0n) is 17.9. The number of aromatic nitrogens is 2. The summed E-state index contributed by atoms with van der Waals surface area (Å²) in [6, 6.07) is 11.3. The van der Waals surface area contributed by atoms with Crippen LogP contribution in [0.4, 0.5) is 4.39 Å². The third-order valence-electron chi connectivity index (χ3n) is 5.64. The highest BCUT2D eigenvalue weighted by Crippen LogP contribution is 2.20. The van der Waals surface area contributed by atoms with Crippen LogP contribution in [0, 0.1) is 16.6 Å². The number of amidine groups is 2. The number of nitrogens with zero attached hydrogens (tertiary/aromatic N) is 3. The van der Waals surface area contributed by atoms with Crippen molar-refractivity contribution in [2.75, 3.05) is 19.6 Å². The molecule has 0 saturated carbocycles. The smallest absolute Gasteiger partial charge is 0.272 e. The summed E-state index contributed by atoms with van der Waals surface area (Å²) in [5.74, 6) is -1.35. The SMILES string of the molecule is CC(O)C(=N)N1CCN(C(=O)c2cc(Cc3n[nH]c(=O)c4ccccc34)ccc2F)CC1=N. The van der Waals surface area contributed by atoms with Crippen molar-refractivity contribution in [2.24, 2.45) is 0 Å². The number of hydrogen-bond donors (Lipinski definition) is 4. The molecule has 4 rings (SSSR count). The lowest BCUT2D eigenvalue weighted by atomic mass is 10.0. The lowest BCUT2D eigenvalue weighted by molar-refractivity contribution is 0.0750. The Morgan fingerprint density at radius 1 is 1.24 bits per heavy atom. The number of H-pyrrole nitrogens is 1. The quantitative estimate of drug-likeness (QED) is 0.354. The van der Waals surface area contributed by atoms with E-state index in [0.717, 1.165) is 0 Å². The van der Waals surface area contributed by atoms with Crippen molar-refractivity contribution in [3.63, 3.8) is 0 Å². The van der Waals surface area contributed by atoms with Crippen LogP contribution in [0.5, 0.6) is 0 Å². The molecular weight excluding hydrogens is 427 g/mol. The van der Waals surface area contributed by atoms with Crippen LogP contribution in [0.3, 0.4) is 0 Å². The molecule has 0 aliphatic carbocycles. The van der Waals surface area contributed by atoms with E-state index < -0.39 is 17.8 Å². The molecule has 2 heterocycles. The van der Waals surface area contributed by atoms with E-state index in [2.05, 4.69) is 10.2 Å². The second kappa shape index (κ2) is 8.91. The van der Waals surface area contributed by atoms with Gasteiger partial charge in [-0.3, -0.25) is 20.4 Å². The lowest BCUT2D eigenvalue weighted by Crippen LogP contribution is -2.55. The number of aromatic amines is 1. The number of halogens is 1. The highest BCUT2D eigenvalue weighted by Gasteiger charge is 2.30. The van der Waals surface area contributed by atoms with Crippen LogP contribution in [0.25, 0.3) is 10.8 Å². The van der Waals surface area contributed by atoms with Crippen LogP contribution in [-0.4, -0.2) is 68.4 Å². The maximum absolute atomic E-state index is 14.6. The van der Waals surface area contributed by atoms with Crippen molar-refractivity contribution in [3.05, 3.63) is 75.5 Å². The number of piperazine rings is 1. The predicted octanol–water partition coefficient (Wildman–Crippen LogP) is 1.75. The topological polar surface area (TPSA) is 137 Å². The molecule has 1 amide bonds. The molecule has 1 fully saturated rings. The second-order valence-electron chi connectivity index (χ2n) is 7.92. The molecule has 10 heteroatoms. The Labute approximate surface area is 188 Å². The normalized spacial score (nSPS) is 15.1. The highest BCUT2D eigenvalue weighted by atomic mass is 19.1. The number of carbonyl (C=O) groups excluding carboxylic acids is 1. The molecule has 33 heavy (non-hydrogen) atoms. The summed E-state index contributed by atoms with van der Waals surface area (Å²) >= 11 is 0. The van der Waals surface area contributed by atoms with E-state index in [1.54, 1.807) is 30.3 Å². The third kappa shape index (κ3) is 4.37. The van der Waals surface area contributed by atoms with Gasteiger partial charge in [0.15, 0.2) is 0 Å². The van der Waals surface area contributed by atoms with E-state index >= 15 is 0 Å². The van der Waals surface area contributed by atoms with E-state index in [1.807, 2.05) is 0 Å². The minimum absolute atomic E-state index is 0.0130. The van der Waals surface area contributed by atoms with Crippen LogP contribution in [0.2, 0.25) is 0 Å². The van der Waals surface area contributed by atoms with Crippen molar-refractivity contribution in [3.8, 4) is 0 Å². The van der Waals surface area contributed by atoms with Crippen molar-refractivity contribution < 1.29 is 14.3 Å². The zero-order valence-corrected chi connectivity index (χ0v) is 17.9. The Morgan fingerprint density at radius 2 is 1.97 bits per heavy atom. The van der Waals surface area contributed by atoms with Gasteiger partial charge in [-0.1, -0.05) is 24.3 Å². The second-order valence-corrected chi connectivity index (χ2v) is 7.92. The van der Waals surface area contributed by atoms with Gasteiger partial charge in [0.05, 0.1) is 23.2 Å². The average Bonchev–Trinajstić information content (AvgIpc) is 2.81. The van der Waals surface area contributed by atoms with Gasteiger partial charge in [0.1, 0.15) is 23.6 Å². The molecule has 1 aliphatic rings. The van der Waals surface area contributed by atoms with Crippen molar-refractivity contribution in [1.29, 1.82) is 10.8 Å². The zero-order chi connectivity index (χ0) is 23.7. The van der Waals surface area contributed by atoms with E-state index in [0.29, 0.717) is 22.0 Å². The highest BCUT2D eigenvalue weighted by molar-refractivity contribution is 6.04. The van der Waals surface area contributed by atoms with Crippen LogP contribution in [0.15, 0.2) is 47.3 Å². The summed E-state index contributed by atoms with van der Waals surface area (Å²) in [7, 11) is 0. The summed E-state index contributed by atoms with van der Waals surface area (Å²) < 4.78 is 14.6. The molecule has 1 aliphatic heterocycles. The fourth-order valence-corrected chi connectivity index (χ4v) is 3.88. The van der Waals surface area contributed by atoms with Gasteiger partial charge in [-0.05, 0) is 30.7 Å². The van der Waals surface area contributed by atoms with Crippen molar-refractivity contribution in [1.82, 2.24) is 20.0 Å². The van der Waals surface area contributed by atoms with Crippen LogP contribution >= 0.6 is 0 Å². The minimum Gasteiger partial charge on any atom is -0.385 e. The Bertz CT molecular complexity index is 1320. The number of fused-ring (bicyclic) bond motifs is 1. The molecular formula is C23H23FN6O3. The summed E-state index contributed by atoms with van der Waals surface area (Å²) in [5, 5.41) is 33.4. The number of aliphatic hydroxyl groups excluding tert-OH is 1. The fourth-order valence-electron chi connectivity index (χ4n) is 3.88. The molecule has 1 unspecified atom stereocenters. The summed E-state index contributed by atoms with van der Waals surface area (Å²) in [6.07, 6.45) is -0.744. The number of nitrogens with one attached hydrogen (secondary N) is 3. The fraction of sp³-hybridized carbons (Fsp3) is 0.261. The summed E-state index contributed by atoms with van der Waals surface area (Å²) in [6.45, 7) is 1.70. The monoisotopic (exact) mass is 450 g/mol. The molecule has 3 aromatic rings. The molecule has 0 spiro atoms. The van der Waals surface area contributed by atoms with E-state index in [-0.39, 0.29) is 48.8 Å². The van der Waals surface area contributed by atoms with E-state index in [9.17, 15) is 19.1 Å². The summed E-state index contributed by atoms with van der Waals surface area (Å²) in [5.41, 5.74) is 0.832. The van der Waals surface area contributed by atoms with Gasteiger partial charge in [0.2, 0.25) is 0 Å². The van der Waals surface area contributed by atoms with Gasteiger partial charge in [0, 0.05) is 24.9 Å². The molecule has 1 atom stereocenters. The Kier molecular flexibility index (Phi) is 6.01. The molecule has 1 saturated heterocycles. The first-order valence-electron chi connectivity index (χ1n) is 10.4. The maximum Gasteiger partial charge on any atom is 0.272 e. The first kappa shape index (κ1) is 22.3. The average molecular weight is 450 g/mol. The van der Waals surface area contributed by atoms with Gasteiger partial charge >= 0.3 is 0 Å². The third-order valence-corrected chi connectivity index (χ3v) is 5.64. The Hall–Kier alpha value is -3.92. The minimum atomic E-state index is -1.03. The number of rotatable bonds is 4. The molecule has 2 aromatic carbocycles. The maximum atomic E-state index is 14.6. The first-order valence-corrected chi connectivity index (χ1v) is 10.4. The Morgan fingerprint density at radius 3 is 2.67 bits per heavy atom. The number of carbonyl (C=O) groups is 1. The van der Waals surface area contributed by atoms with E-state index in [1.165, 1.54) is 28.9 Å².